The van der Waals surface area contributed by atoms with Crippen LogP contribution in [-0.4, -0.2) is 24.4 Å². The van der Waals surface area contributed by atoms with E-state index in [4.69, 9.17) is 0 Å². The van der Waals surface area contributed by atoms with Crippen LogP contribution in [0.15, 0.2) is 60.7 Å². The molecular weight excluding hydrogens is 260 g/mol. The fraction of sp³-hybridized carbons (Fsp3) is 0.278. The summed E-state index contributed by atoms with van der Waals surface area (Å²) in [6.45, 7) is 3.06. The Labute approximate surface area is 126 Å². The van der Waals surface area contributed by atoms with Gasteiger partial charge < -0.3 is 10.2 Å². The summed E-state index contributed by atoms with van der Waals surface area (Å²) in [5.74, 6) is 0.0987. The second kappa shape index (κ2) is 7.60. The molecule has 3 nitrogen and oxygen atoms in total. The molecule has 0 saturated carbocycles. The lowest BCUT2D eigenvalue weighted by atomic mass is 10.1. The van der Waals surface area contributed by atoms with Gasteiger partial charge >= 0.3 is 0 Å². The fourth-order valence-electron chi connectivity index (χ4n) is 2.18. The van der Waals surface area contributed by atoms with Crippen LogP contribution in [0.1, 0.15) is 24.1 Å². The average Bonchev–Trinajstić information content (AvgIpc) is 2.54. The lowest BCUT2D eigenvalue weighted by Gasteiger charge is -2.20. The number of nitrogens with one attached hydrogen (secondary N) is 1. The van der Waals surface area contributed by atoms with Crippen LogP contribution in [0.3, 0.4) is 0 Å². The van der Waals surface area contributed by atoms with Crippen LogP contribution >= 0.6 is 0 Å². The molecule has 2 aromatic rings. The summed E-state index contributed by atoms with van der Waals surface area (Å²) in [7, 11) is 1.84. The van der Waals surface area contributed by atoms with Gasteiger partial charge in [-0.05, 0) is 18.1 Å². The number of nitrogens with zero attached hydrogens (tertiary/aromatic N) is 1. The number of amides is 1. The Balaban J connectivity index is 1.81. The van der Waals surface area contributed by atoms with Gasteiger partial charge in [0, 0.05) is 19.6 Å². The third-order valence-corrected chi connectivity index (χ3v) is 3.55. The van der Waals surface area contributed by atoms with Crippen LogP contribution in [0, 0.1) is 0 Å². The molecule has 21 heavy (non-hydrogen) atoms. The van der Waals surface area contributed by atoms with Gasteiger partial charge in [-0.1, -0.05) is 60.7 Å². The normalized spacial score (nSPS) is 11.9. The van der Waals surface area contributed by atoms with E-state index in [-0.39, 0.29) is 11.9 Å². The first kappa shape index (κ1) is 15.3. The van der Waals surface area contributed by atoms with Gasteiger partial charge in [0.05, 0.1) is 6.54 Å². The van der Waals surface area contributed by atoms with Crippen LogP contribution in [0.4, 0.5) is 0 Å². The lowest BCUT2D eigenvalue weighted by molar-refractivity contribution is -0.129. The summed E-state index contributed by atoms with van der Waals surface area (Å²) in [4.78, 5) is 13.9. The van der Waals surface area contributed by atoms with Crippen LogP contribution in [0.2, 0.25) is 0 Å². The van der Waals surface area contributed by atoms with Gasteiger partial charge in [-0.25, -0.2) is 0 Å². The molecule has 2 aromatic carbocycles. The van der Waals surface area contributed by atoms with Crippen molar-refractivity contribution in [2.75, 3.05) is 13.6 Å². The molecule has 0 aliphatic heterocycles. The lowest BCUT2D eigenvalue weighted by Crippen LogP contribution is -2.36. The second-order valence-corrected chi connectivity index (χ2v) is 5.25. The average molecular weight is 282 g/mol. The van der Waals surface area contributed by atoms with E-state index in [0.29, 0.717) is 13.1 Å². The molecule has 0 aromatic heterocycles. The molecule has 0 radical (unpaired) electrons. The standard InChI is InChI=1S/C18H22N2O/c1-15(17-11-7-4-8-12-17)19-13-18(21)20(2)14-16-9-5-3-6-10-16/h3-12,15,19H,13-14H2,1-2H3. The highest BCUT2D eigenvalue weighted by molar-refractivity contribution is 5.78. The molecule has 0 aliphatic rings. The monoisotopic (exact) mass is 282 g/mol. The number of hydrogen-bond donors (Lipinski definition) is 1. The van der Waals surface area contributed by atoms with Crippen molar-refractivity contribution >= 4 is 5.91 Å². The van der Waals surface area contributed by atoms with Crippen molar-refractivity contribution in [2.45, 2.75) is 19.5 Å². The smallest absolute Gasteiger partial charge is 0.236 e. The molecule has 110 valence electrons. The predicted molar refractivity (Wildman–Crippen MR) is 85.8 cm³/mol. The number of benzene rings is 2. The van der Waals surface area contributed by atoms with Crippen LogP contribution in [0.5, 0.6) is 0 Å². The number of likely N-dealkylation sites (N-methyl/N-ethyl adjacent to an activating group) is 1. The summed E-state index contributed by atoms with van der Waals surface area (Å²) in [6.07, 6.45) is 0. The zero-order valence-electron chi connectivity index (χ0n) is 12.6. The quantitative estimate of drug-likeness (QED) is 0.883. The molecule has 1 N–H and O–H groups in total. The highest BCUT2D eigenvalue weighted by Crippen LogP contribution is 2.10. The van der Waals surface area contributed by atoms with Crippen molar-refractivity contribution in [1.82, 2.24) is 10.2 Å². The Morgan fingerprint density at radius 2 is 1.62 bits per heavy atom. The van der Waals surface area contributed by atoms with E-state index in [9.17, 15) is 4.79 Å². The summed E-state index contributed by atoms with van der Waals surface area (Å²) < 4.78 is 0. The van der Waals surface area contributed by atoms with Gasteiger partial charge in [0.2, 0.25) is 5.91 Å². The minimum absolute atomic E-state index is 0.0987. The summed E-state index contributed by atoms with van der Waals surface area (Å²) >= 11 is 0. The Hall–Kier alpha value is -2.13. The molecular formula is C18H22N2O. The summed E-state index contributed by atoms with van der Waals surface area (Å²) in [5, 5.41) is 3.27. The van der Waals surface area contributed by atoms with Crippen molar-refractivity contribution in [1.29, 1.82) is 0 Å². The van der Waals surface area contributed by atoms with E-state index in [1.807, 2.05) is 55.6 Å². The molecule has 1 atom stereocenters. The highest BCUT2D eigenvalue weighted by Gasteiger charge is 2.11. The maximum absolute atomic E-state index is 12.1. The fourth-order valence-corrected chi connectivity index (χ4v) is 2.18. The molecule has 3 heteroatoms. The van der Waals surface area contributed by atoms with Crippen molar-refractivity contribution in [3.8, 4) is 0 Å². The maximum atomic E-state index is 12.1. The van der Waals surface area contributed by atoms with Crippen molar-refractivity contribution in [3.05, 3.63) is 71.8 Å². The minimum Gasteiger partial charge on any atom is -0.340 e. The van der Waals surface area contributed by atoms with Gasteiger partial charge in [-0.3, -0.25) is 4.79 Å². The maximum Gasteiger partial charge on any atom is 0.236 e. The molecule has 0 spiro atoms. The first-order valence-electron chi connectivity index (χ1n) is 7.23. The van der Waals surface area contributed by atoms with Gasteiger partial charge in [-0.15, -0.1) is 0 Å². The van der Waals surface area contributed by atoms with Crippen LogP contribution in [-0.2, 0) is 11.3 Å². The molecule has 0 bridgehead atoms. The summed E-state index contributed by atoms with van der Waals surface area (Å²) in [6, 6.07) is 20.3. The van der Waals surface area contributed by atoms with Crippen molar-refractivity contribution in [3.63, 3.8) is 0 Å². The number of rotatable bonds is 6. The van der Waals surface area contributed by atoms with Gasteiger partial charge in [-0.2, -0.15) is 0 Å². The largest absolute Gasteiger partial charge is 0.340 e. The molecule has 1 unspecified atom stereocenters. The molecule has 0 heterocycles. The second-order valence-electron chi connectivity index (χ2n) is 5.25. The third-order valence-electron chi connectivity index (χ3n) is 3.55. The van der Waals surface area contributed by atoms with Crippen molar-refractivity contribution < 1.29 is 4.79 Å². The Bertz CT molecular complexity index is 554. The first-order chi connectivity index (χ1) is 10.2. The van der Waals surface area contributed by atoms with E-state index in [1.165, 1.54) is 5.56 Å². The first-order valence-corrected chi connectivity index (χ1v) is 7.23. The Kier molecular flexibility index (Phi) is 5.52. The minimum atomic E-state index is 0.0987. The van der Waals surface area contributed by atoms with Gasteiger partial charge in [0.25, 0.3) is 0 Å². The highest BCUT2D eigenvalue weighted by atomic mass is 16.2. The van der Waals surface area contributed by atoms with E-state index < -0.39 is 0 Å². The van der Waals surface area contributed by atoms with Gasteiger partial charge in [0.1, 0.15) is 0 Å². The molecule has 0 saturated heterocycles. The SMILES string of the molecule is CC(NCC(=O)N(C)Cc1ccccc1)c1ccccc1. The Morgan fingerprint density at radius 1 is 1.05 bits per heavy atom. The van der Waals surface area contributed by atoms with Gasteiger partial charge in [0.15, 0.2) is 0 Å². The molecule has 1 amide bonds. The number of carbonyl (C=O) groups is 1. The van der Waals surface area contributed by atoms with Crippen LogP contribution in [0.25, 0.3) is 0 Å². The van der Waals surface area contributed by atoms with E-state index >= 15 is 0 Å². The van der Waals surface area contributed by atoms with E-state index in [2.05, 4.69) is 24.4 Å². The molecule has 2 rings (SSSR count). The van der Waals surface area contributed by atoms with Crippen molar-refractivity contribution in [2.24, 2.45) is 0 Å². The molecule has 0 fully saturated rings. The number of hydrogen-bond acceptors (Lipinski definition) is 2. The van der Waals surface area contributed by atoms with E-state index in [1.54, 1.807) is 4.90 Å². The van der Waals surface area contributed by atoms with E-state index in [0.717, 1.165) is 5.56 Å². The zero-order chi connectivity index (χ0) is 15.1. The number of carbonyl (C=O) groups excluding carboxylic acids is 1. The Morgan fingerprint density at radius 3 is 2.24 bits per heavy atom. The van der Waals surface area contributed by atoms with Crippen LogP contribution < -0.4 is 5.32 Å². The zero-order valence-corrected chi connectivity index (χ0v) is 12.6. The summed E-state index contributed by atoms with van der Waals surface area (Å²) in [5.41, 5.74) is 2.33. The predicted octanol–water partition coefficient (Wildman–Crippen LogP) is 3.00. The topological polar surface area (TPSA) is 32.3 Å². The molecule has 0 aliphatic carbocycles. The third kappa shape index (κ3) is 4.72.